The molecule has 0 bridgehead atoms. The molecule has 0 aliphatic carbocycles. The van der Waals surface area contributed by atoms with Crippen LogP contribution in [0.5, 0.6) is 5.75 Å². The molecule has 1 fully saturated rings. The minimum Gasteiger partial charge on any atom is -0.494 e. The number of halogens is 2. The maximum atomic E-state index is 12.9. The number of ether oxygens (including phenoxy) is 1. The van der Waals surface area contributed by atoms with Crippen molar-refractivity contribution >= 4 is 52.8 Å². The summed E-state index contributed by atoms with van der Waals surface area (Å²) in [4.78, 5) is 38.3. The number of amides is 4. The first kappa shape index (κ1) is 19.9. The molecule has 1 aliphatic heterocycles. The molecule has 4 amide bonds. The van der Waals surface area contributed by atoms with Crippen LogP contribution < -0.4 is 15.0 Å². The van der Waals surface area contributed by atoms with Gasteiger partial charge in [0.1, 0.15) is 5.57 Å². The molecule has 0 spiro atoms. The van der Waals surface area contributed by atoms with Crippen molar-refractivity contribution in [1.82, 2.24) is 5.32 Å². The predicted octanol–water partition coefficient (Wildman–Crippen LogP) is 4.23. The Balaban J connectivity index is 2.01. The van der Waals surface area contributed by atoms with E-state index >= 15 is 0 Å². The highest BCUT2D eigenvalue weighted by molar-refractivity contribution is 6.40. The number of methoxy groups -OCH3 is 1. The standard InChI is InChI=1S/C20H16Cl2N2O4/c1-3-11-4-6-13(7-5-11)24-19(26)14(18(25)23-20(24)27)8-12-9-15(21)17(28-2)16(22)10-12/h4-10H,3H2,1-2H3,(H,23,25,27)/b14-8-. The van der Waals surface area contributed by atoms with Crippen molar-refractivity contribution in [3.05, 3.63) is 63.1 Å². The molecule has 0 unspecified atom stereocenters. The predicted molar refractivity (Wildman–Crippen MR) is 108 cm³/mol. The second kappa shape index (κ2) is 8.04. The Kier molecular flexibility index (Phi) is 5.72. The summed E-state index contributed by atoms with van der Waals surface area (Å²) in [6.45, 7) is 2.00. The Morgan fingerprint density at radius 1 is 1.07 bits per heavy atom. The van der Waals surface area contributed by atoms with Gasteiger partial charge in [-0.25, -0.2) is 9.69 Å². The maximum Gasteiger partial charge on any atom is 0.335 e. The average Bonchev–Trinajstić information content (AvgIpc) is 2.65. The molecule has 6 nitrogen and oxygen atoms in total. The molecule has 1 aliphatic rings. The summed E-state index contributed by atoms with van der Waals surface area (Å²) < 4.78 is 5.09. The van der Waals surface area contributed by atoms with Gasteiger partial charge in [0.15, 0.2) is 5.75 Å². The fourth-order valence-corrected chi connectivity index (χ4v) is 3.46. The number of urea groups is 1. The van der Waals surface area contributed by atoms with E-state index in [1.807, 2.05) is 19.1 Å². The van der Waals surface area contributed by atoms with Crippen molar-refractivity contribution in [2.24, 2.45) is 0 Å². The van der Waals surface area contributed by atoms with Crippen LogP contribution in [0, 0.1) is 0 Å². The fraction of sp³-hybridized carbons (Fsp3) is 0.150. The maximum absolute atomic E-state index is 12.9. The second-order valence-electron chi connectivity index (χ2n) is 6.00. The molecule has 144 valence electrons. The van der Waals surface area contributed by atoms with Crippen LogP contribution in [-0.4, -0.2) is 25.0 Å². The number of aryl methyl sites for hydroxylation is 1. The number of imide groups is 2. The lowest BCUT2D eigenvalue weighted by Gasteiger charge is -2.26. The van der Waals surface area contributed by atoms with Crippen molar-refractivity contribution < 1.29 is 19.1 Å². The van der Waals surface area contributed by atoms with Gasteiger partial charge in [0.2, 0.25) is 0 Å². The van der Waals surface area contributed by atoms with Crippen LogP contribution in [0.4, 0.5) is 10.5 Å². The van der Waals surface area contributed by atoms with Crippen molar-refractivity contribution in [3.63, 3.8) is 0 Å². The summed E-state index contributed by atoms with van der Waals surface area (Å²) in [6, 6.07) is 9.17. The number of hydrogen-bond acceptors (Lipinski definition) is 4. The van der Waals surface area contributed by atoms with E-state index in [-0.39, 0.29) is 21.4 Å². The van der Waals surface area contributed by atoms with Crippen molar-refractivity contribution in [2.45, 2.75) is 13.3 Å². The molecule has 0 radical (unpaired) electrons. The first-order valence-electron chi connectivity index (χ1n) is 8.39. The number of barbiturate groups is 1. The molecule has 2 aromatic carbocycles. The molecular weight excluding hydrogens is 403 g/mol. The van der Waals surface area contributed by atoms with Crippen LogP contribution >= 0.6 is 23.2 Å². The van der Waals surface area contributed by atoms with Gasteiger partial charge in [0.25, 0.3) is 11.8 Å². The minimum atomic E-state index is -0.804. The summed E-state index contributed by atoms with van der Waals surface area (Å²) in [7, 11) is 1.43. The number of carbonyl (C=O) groups is 3. The first-order chi connectivity index (χ1) is 13.3. The van der Waals surface area contributed by atoms with Crippen LogP contribution in [0.2, 0.25) is 10.0 Å². The summed E-state index contributed by atoms with van der Waals surface area (Å²) in [6.07, 6.45) is 2.15. The monoisotopic (exact) mass is 418 g/mol. The Morgan fingerprint density at radius 3 is 2.21 bits per heavy atom. The van der Waals surface area contributed by atoms with Gasteiger partial charge >= 0.3 is 6.03 Å². The van der Waals surface area contributed by atoms with E-state index in [9.17, 15) is 14.4 Å². The zero-order valence-corrected chi connectivity index (χ0v) is 16.6. The van der Waals surface area contributed by atoms with Crippen molar-refractivity contribution in [3.8, 4) is 5.75 Å². The normalized spacial score (nSPS) is 15.8. The van der Waals surface area contributed by atoms with E-state index in [0.29, 0.717) is 11.3 Å². The molecule has 3 rings (SSSR count). The number of nitrogens with zero attached hydrogens (tertiary/aromatic N) is 1. The zero-order chi connectivity index (χ0) is 20.4. The van der Waals surface area contributed by atoms with Crippen molar-refractivity contribution in [1.29, 1.82) is 0 Å². The average molecular weight is 419 g/mol. The van der Waals surface area contributed by atoms with Crippen LogP contribution in [0.3, 0.4) is 0 Å². The van der Waals surface area contributed by atoms with Crippen LogP contribution in [0.25, 0.3) is 6.08 Å². The van der Waals surface area contributed by atoms with E-state index in [0.717, 1.165) is 16.9 Å². The summed E-state index contributed by atoms with van der Waals surface area (Å²) in [5, 5.41) is 2.64. The van der Waals surface area contributed by atoms with E-state index in [4.69, 9.17) is 27.9 Å². The number of benzene rings is 2. The minimum absolute atomic E-state index is 0.212. The Morgan fingerprint density at radius 2 is 1.68 bits per heavy atom. The SMILES string of the molecule is CCc1ccc(N2C(=O)NC(=O)/C(=C/c3cc(Cl)c(OC)c(Cl)c3)C2=O)cc1. The second-order valence-corrected chi connectivity index (χ2v) is 6.81. The third kappa shape index (κ3) is 3.74. The van der Waals surface area contributed by atoms with E-state index in [2.05, 4.69) is 5.32 Å². The highest BCUT2D eigenvalue weighted by Gasteiger charge is 2.36. The number of nitrogens with one attached hydrogen (secondary N) is 1. The highest BCUT2D eigenvalue weighted by atomic mass is 35.5. The van der Waals surface area contributed by atoms with Gasteiger partial charge in [-0.1, -0.05) is 42.3 Å². The summed E-state index contributed by atoms with van der Waals surface area (Å²) in [5.41, 5.74) is 1.63. The van der Waals surface area contributed by atoms with E-state index in [1.165, 1.54) is 25.3 Å². The van der Waals surface area contributed by atoms with E-state index in [1.54, 1.807) is 12.1 Å². The van der Waals surface area contributed by atoms with Gasteiger partial charge in [-0.15, -0.1) is 0 Å². The number of anilines is 1. The molecule has 8 heteroatoms. The van der Waals surface area contributed by atoms with Gasteiger partial charge < -0.3 is 4.74 Å². The Hall–Kier alpha value is -2.83. The molecule has 1 N–H and O–H groups in total. The quantitative estimate of drug-likeness (QED) is 0.595. The largest absolute Gasteiger partial charge is 0.494 e. The Labute approximate surface area is 171 Å². The van der Waals surface area contributed by atoms with Crippen LogP contribution in [-0.2, 0) is 16.0 Å². The molecule has 1 heterocycles. The summed E-state index contributed by atoms with van der Waals surface area (Å²) in [5.74, 6) is -1.24. The van der Waals surface area contributed by atoms with Gasteiger partial charge in [0.05, 0.1) is 22.8 Å². The summed E-state index contributed by atoms with van der Waals surface area (Å²) >= 11 is 12.2. The van der Waals surface area contributed by atoms with Gasteiger partial charge in [-0.2, -0.15) is 0 Å². The molecule has 0 saturated carbocycles. The fourth-order valence-electron chi connectivity index (χ4n) is 2.80. The van der Waals surface area contributed by atoms with Crippen LogP contribution in [0.1, 0.15) is 18.1 Å². The van der Waals surface area contributed by atoms with Gasteiger partial charge in [0, 0.05) is 0 Å². The molecular formula is C20H16Cl2N2O4. The zero-order valence-electron chi connectivity index (χ0n) is 15.1. The smallest absolute Gasteiger partial charge is 0.335 e. The molecule has 0 aromatic heterocycles. The van der Waals surface area contributed by atoms with Gasteiger partial charge in [-0.3, -0.25) is 14.9 Å². The molecule has 0 atom stereocenters. The number of rotatable bonds is 4. The van der Waals surface area contributed by atoms with Crippen molar-refractivity contribution in [2.75, 3.05) is 12.0 Å². The molecule has 2 aromatic rings. The lowest BCUT2D eigenvalue weighted by molar-refractivity contribution is -0.122. The third-order valence-electron chi connectivity index (χ3n) is 4.24. The third-order valence-corrected chi connectivity index (χ3v) is 4.80. The Bertz CT molecular complexity index is 977. The molecule has 28 heavy (non-hydrogen) atoms. The van der Waals surface area contributed by atoms with Gasteiger partial charge in [-0.05, 0) is 47.9 Å². The van der Waals surface area contributed by atoms with E-state index < -0.39 is 17.8 Å². The number of hydrogen-bond donors (Lipinski definition) is 1. The first-order valence-corrected chi connectivity index (χ1v) is 9.14. The highest BCUT2D eigenvalue weighted by Crippen LogP contribution is 2.34. The lowest BCUT2D eigenvalue weighted by Crippen LogP contribution is -2.54. The molecule has 1 saturated heterocycles. The lowest BCUT2D eigenvalue weighted by atomic mass is 10.1. The number of carbonyl (C=O) groups excluding carboxylic acids is 3. The van der Waals surface area contributed by atoms with Crippen LogP contribution in [0.15, 0.2) is 42.0 Å². The topological polar surface area (TPSA) is 75.7 Å².